The minimum Gasteiger partial charge on any atom is -0.478 e. The van der Waals surface area contributed by atoms with Crippen LogP contribution in [0.4, 0.5) is 4.39 Å². The van der Waals surface area contributed by atoms with Crippen LogP contribution in [-0.2, 0) is 13.1 Å². The van der Waals surface area contributed by atoms with Gasteiger partial charge >= 0.3 is 11.7 Å². The number of Topliss-reactive ketones (excluding diaryl/α,β-unsaturated/α-hetero) is 1. The molecule has 1 fully saturated rings. The summed E-state index contributed by atoms with van der Waals surface area (Å²) < 4.78 is 16.7. The van der Waals surface area contributed by atoms with Crippen molar-refractivity contribution in [3.8, 4) is 0 Å². The molecule has 190 valence electrons. The van der Waals surface area contributed by atoms with Gasteiger partial charge in [0.1, 0.15) is 5.82 Å². The van der Waals surface area contributed by atoms with Crippen LogP contribution in [0.1, 0.15) is 39.1 Å². The van der Waals surface area contributed by atoms with Crippen molar-refractivity contribution in [2.24, 2.45) is 5.92 Å². The Bertz CT molecular complexity index is 1480. The van der Waals surface area contributed by atoms with Crippen molar-refractivity contribution < 1.29 is 19.1 Å². The van der Waals surface area contributed by atoms with Gasteiger partial charge < -0.3 is 10.0 Å². The minimum atomic E-state index is -0.982. The third kappa shape index (κ3) is 5.24. The zero-order valence-corrected chi connectivity index (χ0v) is 20.3. The van der Waals surface area contributed by atoms with Crippen molar-refractivity contribution in [3.05, 3.63) is 106 Å². The number of carbonyl (C=O) groups is 2. The standard InChI is InChI=1S/C29H28FN3O4/c30-24-11-9-21(10-12-24)27(34)22-13-15-31(16-14-22)17-18-32-25-3-1-2-4-26(25)33(29(32)37)19-20-5-7-23(8-6-20)28(35)36/h1-12,22H,13-19H2,(H,35,36). The quantitative estimate of drug-likeness (QED) is 0.364. The van der Waals surface area contributed by atoms with Gasteiger partial charge in [0.25, 0.3) is 0 Å². The van der Waals surface area contributed by atoms with E-state index in [1.165, 1.54) is 12.1 Å². The highest BCUT2D eigenvalue weighted by atomic mass is 19.1. The van der Waals surface area contributed by atoms with Gasteiger partial charge in [-0.3, -0.25) is 13.9 Å². The maximum Gasteiger partial charge on any atom is 0.335 e. The molecule has 0 atom stereocenters. The number of carboxylic acid groups (broad SMARTS) is 1. The summed E-state index contributed by atoms with van der Waals surface area (Å²) in [7, 11) is 0. The molecule has 0 bridgehead atoms. The number of carboxylic acids is 1. The molecule has 0 aliphatic carbocycles. The molecule has 4 aromatic rings. The molecule has 1 saturated heterocycles. The SMILES string of the molecule is O=C(O)c1ccc(Cn2c(=O)n(CCN3CCC(C(=O)c4ccc(F)cc4)CC3)c3ccccc32)cc1. The summed E-state index contributed by atoms with van der Waals surface area (Å²) in [5, 5.41) is 9.13. The second-order valence-electron chi connectivity index (χ2n) is 9.50. The summed E-state index contributed by atoms with van der Waals surface area (Å²) in [6.45, 7) is 3.10. The average molecular weight is 502 g/mol. The molecule has 1 N–H and O–H groups in total. The van der Waals surface area contributed by atoms with Crippen LogP contribution < -0.4 is 5.69 Å². The van der Waals surface area contributed by atoms with E-state index in [1.54, 1.807) is 45.5 Å². The van der Waals surface area contributed by atoms with Crippen LogP contribution in [0, 0.1) is 11.7 Å². The third-order valence-corrected chi connectivity index (χ3v) is 7.19. The van der Waals surface area contributed by atoms with E-state index in [4.69, 9.17) is 5.11 Å². The molecular weight excluding hydrogens is 473 g/mol. The van der Waals surface area contributed by atoms with E-state index in [1.807, 2.05) is 24.3 Å². The predicted molar refractivity (Wildman–Crippen MR) is 139 cm³/mol. The third-order valence-electron chi connectivity index (χ3n) is 7.19. The molecule has 0 spiro atoms. The van der Waals surface area contributed by atoms with Crippen LogP contribution in [0.5, 0.6) is 0 Å². The van der Waals surface area contributed by atoms with Gasteiger partial charge in [-0.05, 0) is 80.0 Å². The fourth-order valence-electron chi connectivity index (χ4n) is 5.09. The van der Waals surface area contributed by atoms with E-state index in [9.17, 15) is 18.8 Å². The molecule has 8 heteroatoms. The molecular formula is C29H28FN3O4. The van der Waals surface area contributed by atoms with Gasteiger partial charge in [0.15, 0.2) is 5.78 Å². The largest absolute Gasteiger partial charge is 0.478 e. The van der Waals surface area contributed by atoms with Crippen molar-refractivity contribution in [3.63, 3.8) is 0 Å². The second-order valence-corrected chi connectivity index (χ2v) is 9.50. The highest BCUT2D eigenvalue weighted by Crippen LogP contribution is 2.22. The number of halogens is 1. The molecule has 1 aliphatic heterocycles. The van der Waals surface area contributed by atoms with E-state index < -0.39 is 5.97 Å². The lowest BCUT2D eigenvalue weighted by Gasteiger charge is -2.31. The number of carbonyl (C=O) groups excluding carboxylic acids is 1. The lowest BCUT2D eigenvalue weighted by Crippen LogP contribution is -2.39. The Morgan fingerprint density at radius 1 is 0.811 bits per heavy atom. The first kappa shape index (κ1) is 24.6. The molecule has 1 aliphatic rings. The molecule has 7 nitrogen and oxygen atoms in total. The Balaban J connectivity index is 1.26. The molecule has 0 radical (unpaired) electrons. The summed E-state index contributed by atoms with van der Waals surface area (Å²) in [6, 6.07) is 20.0. The number of benzene rings is 3. The minimum absolute atomic E-state index is 0.0651. The average Bonchev–Trinajstić information content (AvgIpc) is 3.18. The normalized spacial score (nSPS) is 14.7. The summed E-state index contributed by atoms with van der Waals surface area (Å²) in [6.07, 6.45) is 1.47. The molecule has 1 aromatic heterocycles. The zero-order chi connectivity index (χ0) is 25.9. The van der Waals surface area contributed by atoms with Crippen LogP contribution in [0.2, 0.25) is 0 Å². The molecule has 5 rings (SSSR count). The van der Waals surface area contributed by atoms with Crippen LogP contribution in [0.3, 0.4) is 0 Å². The summed E-state index contributed by atoms with van der Waals surface area (Å²) >= 11 is 0. The van der Waals surface area contributed by atoms with Crippen molar-refractivity contribution in [2.75, 3.05) is 19.6 Å². The topological polar surface area (TPSA) is 84.5 Å². The maximum atomic E-state index is 13.4. The number of hydrogen-bond acceptors (Lipinski definition) is 4. The number of imidazole rings is 1. The smallest absolute Gasteiger partial charge is 0.335 e. The Morgan fingerprint density at radius 3 is 2.03 bits per heavy atom. The number of fused-ring (bicyclic) bond motifs is 1. The number of aromatic nitrogens is 2. The Morgan fingerprint density at radius 2 is 1.41 bits per heavy atom. The van der Waals surface area contributed by atoms with Gasteiger partial charge in [-0.2, -0.15) is 0 Å². The molecule has 37 heavy (non-hydrogen) atoms. The summed E-state index contributed by atoms with van der Waals surface area (Å²) in [5.74, 6) is -1.34. The van der Waals surface area contributed by atoms with E-state index in [-0.39, 0.29) is 28.8 Å². The number of aromatic carboxylic acids is 1. The van der Waals surface area contributed by atoms with E-state index in [0.29, 0.717) is 25.2 Å². The van der Waals surface area contributed by atoms with Crippen LogP contribution in [0.15, 0.2) is 77.6 Å². The molecule has 3 aromatic carbocycles. The van der Waals surface area contributed by atoms with Gasteiger partial charge in [0.2, 0.25) is 0 Å². The first-order chi connectivity index (χ1) is 17.9. The van der Waals surface area contributed by atoms with Crippen molar-refractivity contribution >= 4 is 22.8 Å². The summed E-state index contributed by atoms with van der Waals surface area (Å²) in [4.78, 5) is 39.6. The van der Waals surface area contributed by atoms with Crippen molar-refractivity contribution in [1.29, 1.82) is 0 Å². The number of nitrogens with zero attached hydrogens (tertiary/aromatic N) is 3. The fourth-order valence-corrected chi connectivity index (χ4v) is 5.09. The Kier molecular flexibility index (Phi) is 7.01. The van der Waals surface area contributed by atoms with Crippen molar-refractivity contribution in [1.82, 2.24) is 14.0 Å². The molecule has 0 saturated carbocycles. The monoisotopic (exact) mass is 501 g/mol. The lowest BCUT2D eigenvalue weighted by molar-refractivity contribution is 0.0696. The number of ketones is 1. The van der Waals surface area contributed by atoms with Crippen LogP contribution in [0.25, 0.3) is 11.0 Å². The highest BCUT2D eigenvalue weighted by molar-refractivity contribution is 5.97. The first-order valence-corrected chi connectivity index (χ1v) is 12.4. The summed E-state index contributed by atoms with van der Waals surface area (Å²) in [5.41, 5.74) is 3.20. The van der Waals surface area contributed by atoms with Gasteiger partial charge in [-0.25, -0.2) is 14.0 Å². The molecule has 0 amide bonds. The van der Waals surface area contributed by atoms with E-state index in [2.05, 4.69) is 4.90 Å². The maximum absolute atomic E-state index is 13.4. The number of para-hydroxylation sites is 2. The fraction of sp³-hybridized carbons (Fsp3) is 0.276. The van der Waals surface area contributed by atoms with Gasteiger partial charge in [-0.15, -0.1) is 0 Å². The second kappa shape index (κ2) is 10.5. The zero-order valence-electron chi connectivity index (χ0n) is 20.3. The van der Waals surface area contributed by atoms with Gasteiger partial charge in [0, 0.05) is 24.6 Å². The van der Waals surface area contributed by atoms with E-state index in [0.717, 1.165) is 42.5 Å². The van der Waals surface area contributed by atoms with Crippen molar-refractivity contribution in [2.45, 2.75) is 25.9 Å². The molecule has 0 unspecified atom stereocenters. The van der Waals surface area contributed by atoms with E-state index >= 15 is 0 Å². The number of rotatable bonds is 8. The molecule has 2 heterocycles. The van der Waals surface area contributed by atoms with Gasteiger partial charge in [-0.1, -0.05) is 24.3 Å². The Labute approximate surface area is 213 Å². The van der Waals surface area contributed by atoms with Crippen LogP contribution in [-0.4, -0.2) is 50.5 Å². The van der Waals surface area contributed by atoms with Crippen LogP contribution >= 0.6 is 0 Å². The van der Waals surface area contributed by atoms with Gasteiger partial charge in [0.05, 0.1) is 23.1 Å². The first-order valence-electron chi connectivity index (χ1n) is 12.4. The number of piperidine rings is 1. The highest BCUT2D eigenvalue weighted by Gasteiger charge is 2.26. The number of likely N-dealkylation sites (tertiary alicyclic amines) is 1. The lowest BCUT2D eigenvalue weighted by atomic mass is 9.89. The predicted octanol–water partition coefficient (Wildman–Crippen LogP) is 4.28. The number of hydrogen-bond donors (Lipinski definition) is 1. The Hall–Kier alpha value is -4.04.